The van der Waals surface area contributed by atoms with E-state index in [-0.39, 0.29) is 5.91 Å². The lowest BCUT2D eigenvalue weighted by atomic mass is 10.2. The molecular weight excluding hydrogens is 240 g/mol. The van der Waals surface area contributed by atoms with Gasteiger partial charge in [-0.2, -0.15) is 0 Å². The number of hydrogen-bond acceptors (Lipinski definition) is 3. The van der Waals surface area contributed by atoms with Crippen LogP contribution in [0.1, 0.15) is 18.5 Å². The fourth-order valence-corrected chi connectivity index (χ4v) is 2.40. The van der Waals surface area contributed by atoms with Crippen molar-refractivity contribution in [3.8, 4) is 5.69 Å². The second kappa shape index (κ2) is 5.22. The summed E-state index contributed by atoms with van der Waals surface area (Å²) in [5, 5.41) is 7.98. The molecule has 0 saturated carbocycles. The highest BCUT2D eigenvalue weighted by Gasteiger charge is 2.20. The van der Waals surface area contributed by atoms with Crippen molar-refractivity contribution in [2.45, 2.75) is 19.3 Å². The first-order valence-electron chi connectivity index (χ1n) is 6.57. The van der Waals surface area contributed by atoms with Crippen molar-refractivity contribution >= 4 is 5.91 Å². The van der Waals surface area contributed by atoms with Crippen molar-refractivity contribution in [1.82, 2.24) is 19.9 Å². The average molecular weight is 256 g/mol. The van der Waals surface area contributed by atoms with Crippen molar-refractivity contribution in [2.24, 2.45) is 0 Å². The minimum atomic E-state index is 0.164. The lowest BCUT2D eigenvalue weighted by Crippen LogP contribution is -2.29. The Bertz CT molecular complexity index is 558. The quantitative estimate of drug-likeness (QED) is 0.834. The first-order valence-corrected chi connectivity index (χ1v) is 6.57. The number of amides is 1. The molecule has 19 heavy (non-hydrogen) atoms. The molecule has 2 heterocycles. The van der Waals surface area contributed by atoms with Crippen molar-refractivity contribution in [3.63, 3.8) is 0 Å². The van der Waals surface area contributed by atoms with E-state index in [1.54, 1.807) is 10.9 Å². The Morgan fingerprint density at radius 3 is 2.63 bits per heavy atom. The van der Waals surface area contributed by atoms with Crippen LogP contribution in [0.25, 0.3) is 5.69 Å². The van der Waals surface area contributed by atoms with E-state index in [1.807, 2.05) is 35.2 Å². The van der Waals surface area contributed by atoms with Crippen LogP contribution in [-0.4, -0.2) is 38.9 Å². The lowest BCUT2D eigenvalue weighted by Gasteiger charge is -2.15. The van der Waals surface area contributed by atoms with Crippen LogP contribution < -0.4 is 0 Å². The third kappa shape index (κ3) is 2.50. The summed E-state index contributed by atoms with van der Waals surface area (Å²) in [5.74, 6) is 0.164. The number of carbonyl (C=O) groups is 1. The Morgan fingerprint density at radius 2 is 1.89 bits per heavy atom. The van der Waals surface area contributed by atoms with E-state index in [2.05, 4.69) is 10.3 Å². The lowest BCUT2D eigenvalue weighted by molar-refractivity contribution is -0.129. The van der Waals surface area contributed by atoms with Crippen molar-refractivity contribution in [2.75, 3.05) is 13.1 Å². The van der Waals surface area contributed by atoms with Crippen LogP contribution >= 0.6 is 0 Å². The number of aromatic nitrogens is 3. The first-order chi connectivity index (χ1) is 9.34. The normalized spacial score (nSPS) is 14.8. The van der Waals surface area contributed by atoms with Gasteiger partial charge in [-0.15, -0.1) is 5.10 Å². The number of hydrogen-bond donors (Lipinski definition) is 0. The molecule has 1 aromatic carbocycles. The molecule has 2 aromatic rings. The minimum Gasteiger partial charge on any atom is -0.342 e. The molecule has 5 heteroatoms. The topological polar surface area (TPSA) is 51.0 Å². The van der Waals surface area contributed by atoms with Crippen molar-refractivity contribution < 1.29 is 4.79 Å². The molecule has 5 nitrogen and oxygen atoms in total. The molecule has 98 valence electrons. The Balaban J connectivity index is 1.79. The van der Waals surface area contributed by atoms with Gasteiger partial charge in [0.2, 0.25) is 5.91 Å². The maximum absolute atomic E-state index is 12.2. The van der Waals surface area contributed by atoms with E-state index in [0.29, 0.717) is 6.42 Å². The van der Waals surface area contributed by atoms with Gasteiger partial charge in [-0.3, -0.25) is 4.79 Å². The number of likely N-dealkylation sites (tertiary alicyclic amines) is 1. The van der Waals surface area contributed by atoms with Gasteiger partial charge in [-0.25, -0.2) is 4.68 Å². The smallest absolute Gasteiger partial charge is 0.228 e. The number of benzene rings is 1. The molecule has 3 rings (SSSR count). The third-order valence-corrected chi connectivity index (χ3v) is 3.41. The Morgan fingerprint density at radius 1 is 1.16 bits per heavy atom. The number of carbonyl (C=O) groups excluding carboxylic acids is 1. The summed E-state index contributed by atoms with van der Waals surface area (Å²) in [7, 11) is 0. The van der Waals surface area contributed by atoms with Crippen LogP contribution in [0, 0.1) is 0 Å². The summed E-state index contributed by atoms with van der Waals surface area (Å²) in [6.07, 6.45) is 4.26. The van der Waals surface area contributed by atoms with Crippen LogP contribution in [0.2, 0.25) is 0 Å². The predicted molar refractivity (Wildman–Crippen MR) is 70.9 cm³/mol. The van der Waals surface area contributed by atoms with Crippen LogP contribution in [0.4, 0.5) is 0 Å². The first kappa shape index (κ1) is 11.9. The summed E-state index contributed by atoms with van der Waals surface area (Å²) in [4.78, 5) is 14.1. The second-order valence-corrected chi connectivity index (χ2v) is 4.74. The van der Waals surface area contributed by atoms with Crippen LogP contribution in [0.5, 0.6) is 0 Å². The van der Waals surface area contributed by atoms with Crippen molar-refractivity contribution in [1.29, 1.82) is 0 Å². The molecule has 1 saturated heterocycles. The highest BCUT2D eigenvalue weighted by molar-refractivity contribution is 5.78. The van der Waals surface area contributed by atoms with Gasteiger partial charge in [0.25, 0.3) is 0 Å². The van der Waals surface area contributed by atoms with Gasteiger partial charge in [0.15, 0.2) is 0 Å². The molecular formula is C14H16N4O. The molecule has 0 unspecified atom stereocenters. The van der Waals surface area contributed by atoms with Gasteiger partial charge in [0.05, 0.1) is 24.0 Å². The minimum absolute atomic E-state index is 0.164. The molecule has 0 spiro atoms. The highest BCUT2D eigenvalue weighted by Crippen LogP contribution is 2.13. The highest BCUT2D eigenvalue weighted by atomic mass is 16.2. The summed E-state index contributed by atoms with van der Waals surface area (Å²) in [6.45, 7) is 1.76. The largest absolute Gasteiger partial charge is 0.342 e. The van der Waals surface area contributed by atoms with Gasteiger partial charge in [-0.1, -0.05) is 23.4 Å². The van der Waals surface area contributed by atoms with E-state index >= 15 is 0 Å². The summed E-state index contributed by atoms with van der Waals surface area (Å²) in [5.41, 5.74) is 1.77. The maximum atomic E-state index is 12.2. The zero-order chi connectivity index (χ0) is 13.1. The molecule has 1 aliphatic heterocycles. The summed E-state index contributed by atoms with van der Waals surface area (Å²) in [6, 6.07) is 9.76. The average Bonchev–Trinajstić information content (AvgIpc) is 3.11. The summed E-state index contributed by atoms with van der Waals surface area (Å²) >= 11 is 0. The second-order valence-electron chi connectivity index (χ2n) is 4.74. The SMILES string of the molecule is O=C(Cc1cnnn1-c1ccccc1)N1CCCC1. The van der Waals surface area contributed by atoms with E-state index in [4.69, 9.17) is 0 Å². The molecule has 0 aliphatic carbocycles. The Hall–Kier alpha value is -2.17. The zero-order valence-electron chi connectivity index (χ0n) is 10.7. The van der Waals surface area contributed by atoms with Crippen LogP contribution in [0.3, 0.4) is 0 Å². The molecule has 1 fully saturated rings. The van der Waals surface area contributed by atoms with E-state index in [1.165, 1.54) is 0 Å². The van der Waals surface area contributed by atoms with E-state index in [9.17, 15) is 4.79 Å². The summed E-state index contributed by atoms with van der Waals surface area (Å²) < 4.78 is 1.73. The zero-order valence-corrected chi connectivity index (χ0v) is 10.7. The standard InChI is InChI=1S/C14H16N4O/c19-14(17-8-4-5-9-17)10-13-11-15-16-18(13)12-6-2-1-3-7-12/h1-3,6-7,11H,4-5,8-10H2. The molecule has 0 bridgehead atoms. The molecule has 0 radical (unpaired) electrons. The van der Waals surface area contributed by atoms with Gasteiger partial charge in [0.1, 0.15) is 0 Å². The van der Waals surface area contributed by atoms with Gasteiger partial charge in [-0.05, 0) is 25.0 Å². The Labute approximate surface area is 111 Å². The van der Waals surface area contributed by atoms with Crippen molar-refractivity contribution in [3.05, 3.63) is 42.2 Å². The molecule has 1 aliphatic rings. The molecule has 1 aromatic heterocycles. The molecule has 0 N–H and O–H groups in total. The van der Waals surface area contributed by atoms with Crippen LogP contribution in [0.15, 0.2) is 36.5 Å². The number of rotatable bonds is 3. The number of para-hydroxylation sites is 1. The van der Waals surface area contributed by atoms with Gasteiger partial charge < -0.3 is 4.90 Å². The molecule has 1 amide bonds. The predicted octanol–water partition coefficient (Wildman–Crippen LogP) is 1.43. The third-order valence-electron chi connectivity index (χ3n) is 3.41. The fourth-order valence-electron chi connectivity index (χ4n) is 2.40. The van der Waals surface area contributed by atoms with E-state index in [0.717, 1.165) is 37.3 Å². The maximum Gasteiger partial charge on any atom is 0.228 e. The molecule has 0 atom stereocenters. The van der Waals surface area contributed by atoms with Crippen LogP contribution in [-0.2, 0) is 11.2 Å². The van der Waals surface area contributed by atoms with Gasteiger partial charge >= 0.3 is 0 Å². The van der Waals surface area contributed by atoms with Gasteiger partial charge in [0, 0.05) is 13.1 Å². The van der Waals surface area contributed by atoms with E-state index < -0.39 is 0 Å². The number of nitrogens with zero attached hydrogens (tertiary/aromatic N) is 4. The Kier molecular flexibility index (Phi) is 3.27. The monoisotopic (exact) mass is 256 g/mol. The fraction of sp³-hybridized carbons (Fsp3) is 0.357.